The summed E-state index contributed by atoms with van der Waals surface area (Å²) in [6.45, 7) is 6.61. The van der Waals surface area contributed by atoms with E-state index in [0.717, 1.165) is 22.2 Å². The van der Waals surface area contributed by atoms with Crippen LogP contribution < -0.4 is 4.74 Å². The Kier molecular flexibility index (Phi) is 3.85. The number of benzene rings is 2. The summed E-state index contributed by atoms with van der Waals surface area (Å²) in [7, 11) is 0. The fourth-order valence-electron chi connectivity index (χ4n) is 1.57. The molecule has 2 aromatic carbocycles. The lowest BCUT2D eigenvalue weighted by molar-refractivity contribution is 0.349. The first-order valence-corrected chi connectivity index (χ1v) is 6.47. The van der Waals surface area contributed by atoms with Crippen molar-refractivity contribution < 1.29 is 4.74 Å². The van der Waals surface area contributed by atoms with Gasteiger partial charge in [-0.1, -0.05) is 41.6 Å². The average molecular weight is 291 g/mol. The SMILES string of the molecule is C=C(CC)COc1ccc2cc(Br)ccc2c1. The summed E-state index contributed by atoms with van der Waals surface area (Å²) in [6.07, 6.45) is 0.959. The van der Waals surface area contributed by atoms with E-state index in [9.17, 15) is 0 Å². The van der Waals surface area contributed by atoms with Crippen molar-refractivity contribution in [2.45, 2.75) is 13.3 Å². The van der Waals surface area contributed by atoms with Crippen LogP contribution in [0.3, 0.4) is 0 Å². The molecule has 0 spiro atoms. The van der Waals surface area contributed by atoms with Crippen molar-refractivity contribution in [3.8, 4) is 5.75 Å². The third-order valence-electron chi connectivity index (χ3n) is 2.72. The van der Waals surface area contributed by atoms with Gasteiger partial charge in [0.15, 0.2) is 0 Å². The molecule has 0 amide bonds. The highest BCUT2D eigenvalue weighted by molar-refractivity contribution is 9.10. The highest BCUT2D eigenvalue weighted by Gasteiger charge is 1.99. The Balaban J connectivity index is 2.20. The summed E-state index contributed by atoms with van der Waals surface area (Å²) in [6, 6.07) is 12.4. The van der Waals surface area contributed by atoms with Crippen LogP contribution in [0, 0.1) is 0 Å². The molecular weight excluding hydrogens is 276 g/mol. The zero-order valence-electron chi connectivity index (χ0n) is 9.87. The minimum absolute atomic E-state index is 0.596. The molecule has 0 aliphatic heterocycles. The van der Waals surface area contributed by atoms with Gasteiger partial charge in [-0.2, -0.15) is 0 Å². The molecule has 0 atom stereocenters. The van der Waals surface area contributed by atoms with Crippen molar-refractivity contribution in [1.29, 1.82) is 0 Å². The van der Waals surface area contributed by atoms with E-state index in [0.29, 0.717) is 6.61 Å². The molecule has 17 heavy (non-hydrogen) atoms. The van der Waals surface area contributed by atoms with Crippen LogP contribution in [0.15, 0.2) is 53.0 Å². The van der Waals surface area contributed by atoms with Crippen molar-refractivity contribution in [1.82, 2.24) is 0 Å². The second-order valence-electron chi connectivity index (χ2n) is 4.05. The molecule has 0 aliphatic carbocycles. The van der Waals surface area contributed by atoms with Crippen LogP contribution in [0.1, 0.15) is 13.3 Å². The second kappa shape index (κ2) is 5.37. The van der Waals surface area contributed by atoms with Gasteiger partial charge < -0.3 is 4.74 Å². The topological polar surface area (TPSA) is 9.23 Å². The number of ether oxygens (including phenoxy) is 1. The standard InChI is InChI=1S/C15H15BrO/c1-3-11(2)10-17-15-7-5-12-8-14(16)6-4-13(12)9-15/h4-9H,2-3,10H2,1H3. The number of fused-ring (bicyclic) bond motifs is 1. The molecule has 0 heterocycles. The van der Waals surface area contributed by atoms with Crippen LogP contribution in [0.25, 0.3) is 10.8 Å². The summed E-state index contributed by atoms with van der Waals surface area (Å²) >= 11 is 3.47. The van der Waals surface area contributed by atoms with Crippen LogP contribution >= 0.6 is 15.9 Å². The number of halogens is 1. The van der Waals surface area contributed by atoms with Gasteiger partial charge in [-0.3, -0.25) is 0 Å². The minimum Gasteiger partial charge on any atom is -0.489 e. The fourth-order valence-corrected chi connectivity index (χ4v) is 1.95. The van der Waals surface area contributed by atoms with Gasteiger partial charge in [0.2, 0.25) is 0 Å². The number of hydrogen-bond acceptors (Lipinski definition) is 1. The molecule has 0 unspecified atom stereocenters. The number of hydrogen-bond donors (Lipinski definition) is 0. The van der Waals surface area contributed by atoms with Crippen molar-refractivity contribution >= 4 is 26.7 Å². The van der Waals surface area contributed by atoms with Gasteiger partial charge in [0.1, 0.15) is 12.4 Å². The quantitative estimate of drug-likeness (QED) is 0.724. The lowest BCUT2D eigenvalue weighted by Crippen LogP contribution is -1.99. The molecule has 2 rings (SSSR count). The molecule has 0 aromatic heterocycles. The first-order valence-electron chi connectivity index (χ1n) is 5.68. The van der Waals surface area contributed by atoms with Gasteiger partial charge in [0, 0.05) is 4.47 Å². The van der Waals surface area contributed by atoms with Crippen molar-refractivity contribution in [3.05, 3.63) is 53.0 Å². The third-order valence-corrected chi connectivity index (χ3v) is 3.21. The molecule has 2 aromatic rings. The van der Waals surface area contributed by atoms with Gasteiger partial charge in [-0.15, -0.1) is 0 Å². The lowest BCUT2D eigenvalue weighted by atomic mass is 10.1. The summed E-state index contributed by atoms with van der Waals surface area (Å²) < 4.78 is 6.78. The van der Waals surface area contributed by atoms with E-state index in [-0.39, 0.29) is 0 Å². The molecule has 0 saturated heterocycles. The van der Waals surface area contributed by atoms with E-state index in [1.54, 1.807) is 0 Å². The van der Waals surface area contributed by atoms with Crippen LogP contribution in [0.5, 0.6) is 5.75 Å². The molecule has 0 aliphatic rings. The van der Waals surface area contributed by atoms with E-state index in [2.05, 4.69) is 53.7 Å². The first-order chi connectivity index (χ1) is 8.19. The van der Waals surface area contributed by atoms with Gasteiger partial charge in [-0.05, 0) is 47.0 Å². The van der Waals surface area contributed by atoms with E-state index < -0.39 is 0 Å². The van der Waals surface area contributed by atoms with E-state index in [1.807, 2.05) is 12.1 Å². The Morgan fingerprint density at radius 2 is 1.88 bits per heavy atom. The smallest absolute Gasteiger partial charge is 0.120 e. The Hall–Kier alpha value is -1.28. The number of rotatable bonds is 4. The average Bonchev–Trinajstić information content (AvgIpc) is 2.35. The fraction of sp³-hybridized carbons (Fsp3) is 0.200. The minimum atomic E-state index is 0.596. The Labute approximate surface area is 110 Å². The molecule has 0 bridgehead atoms. The lowest BCUT2D eigenvalue weighted by Gasteiger charge is -2.08. The summed E-state index contributed by atoms with van der Waals surface area (Å²) in [5, 5.41) is 2.40. The summed E-state index contributed by atoms with van der Waals surface area (Å²) in [5.74, 6) is 0.898. The largest absolute Gasteiger partial charge is 0.489 e. The van der Waals surface area contributed by atoms with Crippen LogP contribution in [0.2, 0.25) is 0 Å². The van der Waals surface area contributed by atoms with Crippen molar-refractivity contribution in [2.75, 3.05) is 6.61 Å². The van der Waals surface area contributed by atoms with E-state index in [1.165, 1.54) is 10.8 Å². The van der Waals surface area contributed by atoms with Gasteiger partial charge in [0.25, 0.3) is 0 Å². The third kappa shape index (κ3) is 3.10. The van der Waals surface area contributed by atoms with Crippen molar-refractivity contribution in [3.63, 3.8) is 0 Å². The summed E-state index contributed by atoms with van der Waals surface area (Å²) in [4.78, 5) is 0. The van der Waals surface area contributed by atoms with Crippen LogP contribution in [-0.4, -0.2) is 6.61 Å². The van der Waals surface area contributed by atoms with Crippen molar-refractivity contribution in [2.24, 2.45) is 0 Å². The van der Waals surface area contributed by atoms with Gasteiger partial charge in [0.05, 0.1) is 0 Å². The predicted octanol–water partition coefficient (Wildman–Crippen LogP) is 4.95. The summed E-state index contributed by atoms with van der Waals surface area (Å²) in [5.41, 5.74) is 1.11. The van der Waals surface area contributed by atoms with Crippen LogP contribution in [0.4, 0.5) is 0 Å². The zero-order chi connectivity index (χ0) is 12.3. The Bertz CT molecular complexity index is 546. The van der Waals surface area contributed by atoms with E-state index >= 15 is 0 Å². The second-order valence-corrected chi connectivity index (χ2v) is 4.96. The molecule has 0 saturated carbocycles. The van der Waals surface area contributed by atoms with Crippen LogP contribution in [-0.2, 0) is 0 Å². The highest BCUT2D eigenvalue weighted by Crippen LogP contribution is 2.24. The zero-order valence-corrected chi connectivity index (χ0v) is 11.5. The monoisotopic (exact) mass is 290 g/mol. The molecule has 0 fully saturated rings. The Morgan fingerprint density at radius 3 is 2.65 bits per heavy atom. The predicted molar refractivity (Wildman–Crippen MR) is 76.6 cm³/mol. The maximum atomic E-state index is 5.69. The molecule has 1 nitrogen and oxygen atoms in total. The molecule has 2 heteroatoms. The van der Waals surface area contributed by atoms with Gasteiger partial charge >= 0.3 is 0 Å². The Morgan fingerprint density at radius 1 is 1.18 bits per heavy atom. The molecular formula is C15H15BrO. The maximum absolute atomic E-state index is 5.69. The maximum Gasteiger partial charge on any atom is 0.120 e. The van der Waals surface area contributed by atoms with E-state index in [4.69, 9.17) is 4.74 Å². The normalized spacial score (nSPS) is 10.5. The highest BCUT2D eigenvalue weighted by atomic mass is 79.9. The first kappa shape index (κ1) is 12.2. The molecule has 88 valence electrons. The molecule has 0 N–H and O–H groups in total. The molecule has 0 radical (unpaired) electrons. The van der Waals surface area contributed by atoms with Gasteiger partial charge in [-0.25, -0.2) is 0 Å².